The predicted molar refractivity (Wildman–Crippen MR) is 59.2 cm³/mol. The minimum atomic E-state index is 0.491. The summed E-state index contributed by atoms with van der Waals surface area (Å²) >= 11 is 0. The summed E-state index contributed by atoms with van der Waals surface area (Å²) in [6, 6.07) is 5.60. The first kappa shape index (κ1) is 9.27. The molecule has 0 spiro atoms. The van der Waals surface area contributed by atoms with Crippen molar-refractivity contribution >= 4 is 6.29 Å². The lowest BCUT2D eigenvalue weighted by Gasteiger charge is -1.96. The Morgan fingerprint density at radius 3 is 2.88 bits per heavy atom. The number of carbonyl (C=O) groups is 1. The number of H-pyrrole nitrogens is 1. The average Bonchev–Trinajstić information content (AvgIpc) is 3.09. The van der Waals surface area contributed by atoms with Crippen molar-refractivity contribution in [3.05, 3.63) is 35.7 Å². The van der Waals surface area contributed by atoms with Gasteiger partial charge in [-0.25, -0.2) is 0 Å². The largest absolute Gasteiger partial charge is 0.298 e. The second kappa shape index (κ2) is 3.56. The van der Waals surface area contributed by atoms with Gasteiger partial charge in [0, 0.05) is 17.8 Å². The molecule has 0 unspecified atom stereocenters. The Kier molecular flexibility index (Phi) is 2.06. The number of nitrogens with one attached hydrogen (secondary N) is 1. The fraction of sp³-hybridized carbons (Fsp3) is 0.250. The van der Waals surface area contributed by atoms with Crippen LogP contribution in [-0.2, 0) is 0 Å². The average molecular weight is 213 g/mol. The van der Waals surface area contributed by atoms with Crippen molar-refractivity contribution in [3.8, 4) is 11.4 Å². The molecule has 4 heteroatoms. The summed E-state index contributed by atoms with van der Waals surface area (Å²) in [5.74, 6) is 0.491. The number of aromatic amines is 1. The molecule has 2 heterocycles. The smallest absolute Gasteiger partial charge is 0.154 e. The summed E-state index contributed by atoms with van der Waals surface area (Å²) in [6.45, 7) is 0. The molecule has 2 aromatic rings. The van der Waals surface area contributed by atoms with Gasteiger partial charge in [-0.2, -0.15) is 5.10 Å². The molecule has 0 amide bonds. The van der Waals surface area contributed by atoms with Crippen LogP contribution in [0, 0.1) is 0 Å². The van der Waals surface area contributed by atoms with Crippen molar-refractivity contribution in [1.29, 1.82) is 0 Å². The Morgan fingerprint density at radius 2 is 2.25 bits per heavy atom. The van der Waals surface area contributed by atoms with E-state index in [2.05, 4.69) is 15.2 Å². The Hall–Kier alpha value is -1.97. The number of hydrogen-bond acceptors (Lipinski definition) is 3. The number of carbonyl (C=O) groups excluding carboxylic acids is 1. The van der Waals surface area contributed by atoms with E-state index >= 15 is 0 Å². The van der Waals surface area contributed by atoms with E-state index in [4.69, 9.17) is 0 Å². The third-order valence-corrected chi connectivity index (χ3v) is 2.84. The van der Waals surface area contributed by atoms with E-state index in [9.17, 15) is 4.79 Å². The second-order valence-corrected chi connectivity index (χ2v) is 4.01. The van der Waals surface area contributed by atoms with Crippen LogP contribution < -0.4 is 0 Å². The molecule has 1 aliphatic rings. The van der Waals surface area contributed by atoms with Crippen LogP contribution >= 0.6 is 0 Å². The first-order valence-electron chi connectivity index (χ1n) is 5.35. The minimum absolute atomic E-state index is 0.491. The van der Waals surface area contributed by atoms with Crippen molar-refractivity contribution < 1.29 is 4.79 Å². The van der Waals surface area contributed by atoms with Crippen LogP contribution in [0.4, 0.5) is 0 Å². The van der Waals surface area contributed by atoms with E-state index < -0.39 is 0 Å². The number of nitrogens with zero attached hydrogens (tertiary/aromatic N) is 2. The van der Waals surface area contributed by atoms with Crippen molar-refractivity contribution in [2.45, 2.75) is 18.8 Å². The zero-order chi connectivity index (χ0) is 11.0. The second-order valence-electron chi connectivity index (χ2n) is 4.01. The van der Waals surface area contributed by atoms with E-state index in [1.807, 2.05) is 18.2 Å². The highest BCUT2D eigenvalue weighted by atomic mass is 16.1. The van der Waals surface area contributed by atoms with E-state index in [0.717, 1.165) is 30.5 Å². The van der Waals surface area contributed by atoms with Gasteiger partial charge in [-0.3, -0.25) is 14.9 Å². The SMILES string of the molecule is O=Cc1c(-c2ccccn2)n[nH]c1C1CC1. The summed E-state index contributed by atoms with van der Waals surface area (Å²) in [7, 11) is 0. The molecule has 0 aromatic carbocycles. The van der Waals surface area contributed by atoms with Gasteiger partial charge in [0.15, 0.2) is 6.29 Å². The van der Waals surface area contributed by atoms with Gasteiger partial charge < -0.3 is 0 Å². The van der Waals surface area contributed by atoms with Crippen molar-refractivity contribution in [2.75, 3.05) is 0 Å². The standard InChI is InChI=1S/C12H11N3O/c16-7-9-11(8-4-5-8)14-15-12(9)10-3-1-2-6-13-10/h1-3,6-8H,4-5H2,(H,14,15). The minimum Gasteiger partial charge on any atom is -0.298 e. The number of rotatable bonds is 3. The molecule has 1 N–H and O–H groups in total. The summed E-state index contributed by atoms with van der Waals surface area (Å²) in [6.07, 6.45) is 4.87. The predicted octanol–water partition coefficient (Wildman–Crippen LogP) is 2.16. The Morgan fingerprint density at radius 1 is 1.38 bits per heavy atom. The normalized spacial score (nSPS) is 15.0. The summed E-state index contributed by atoms with van der Waals surface area (Å²) in [4.78, 5) is 15.3. The topological polar surface area (TPSA) is 58.6 Å². The van der Waals surface area contributed by atoms with Crippen LogP contribution in [0.1, 0.15) is 34.8 Å². The lowest BCUT2D eigenvalue weighted by atomic mass is 10.1. The molecule has 0 saturated heterocycles. The lowest BCUT2D eigenvalue weighted by Crippen LogP contribution is -1.90. The molecule has 0 atom stereocenters. The third kappa shape index (κ3) is 1.43. The number of pyridine rings is 1. The molecular weight excluding hydrogens is 202 g/mol. The molecular formula is C12H11N3O. The number of aldehydes is 1. The van der Waals surface area contributed by atoms with Crippen molar-refractivity contribution in [3.63, 3.8) is 0 Å². The first-order valence-corrected chi connectivity index (χ1v) is 5.35. The highest BCUT2D eigenvalue weighted by Crippen LogP contribution is 2.41. The van der Waals surface area contributed by atoms with Crippen molar-refractivity contribution in [1.82, 2.24) is 15.2 Å². The zero-order valence-corrected chi connectivity index (χ0v) is 8.68. The summed E-state index contributed by atoms with van der Waals surface area (Å²) < 4.78 is 0. The van der Waals surface area contributed by atoms with E-state index in [1.54, 1.807) is 6.20 Å². The van der Waals surface area contributed by atoms with Crippen LogP contribution in [0.25, 0.3) is 11.4 Å². The van der Waals surface area contributed by atoms with Gasteiger partial charge in [0.2, 0.25) is 0 Å². The van der Waals surface area contributed by atoms with Gasteiger partial charge in [-0.15, -0.1) is 0 Å². The maximum absolute atomic E-state index is 11.1. The Balaban J connectivity index is 2.10. The highest BCUT2D eigenvalue weighted by Gasteiger charge is 2.29. The molecule has 3 rings (SSSR count). The maximum Gasteiger partial charge on any atom is 0.154 e. The van der Waals surface area contributed by atoms with Crippen LogP contribution in [0.5, 0.6) is 0 Å². The zero-order valence-electron chi connectivity index (χ0n) is 8.68. The van der Waals surface area contributed by atoms with Gasteiger partial charge in [-0.05, 0) is 25.0 Å². The molecule has 2 aromatic heterocycles. The summed E-state index contributed by atoms with van der Waals surface area (Å²) in [5, 5.41) is 7.16. The van der Waals surface area contributed by atoms with Gasteiger partial charge in [0.1, 0.15) is 5.69 Å². The van der Waals surface area contributed by atoms with Crippen molar-refractivity contribution in [2.24, 2.45) is 0 Å². The lowest BCUT2D eigenvalue weighted by molar-refractivity contribution is 0.112. The fourth-order valence-electron chi connectivity index (χ4n) is 1.86. The third-order valence-electron chi connectivity index (χ3n) is 2.84. The number of hydrogen-bond donors (Lipinski definition) is 1. The van der Waals surface area contributed by atoms with E-state index in [0.29, 0.717) is 17.2 Å². The van der Waals surface area contributed by atoms with Crippen LogP contribution in [0.3, 0.4) is 0 Å². The molecule has 1 aliphatic carbocycles. The van der Waals surface area contributed by atoms with Gasteiger partial charge in [0.25, 0.3) is 0 Å². The molecule has 1 saturated carbocycles. The Labute approximate surface area is 92.7 Å². The molecule has 16 heavy (non-hydrogen) atoms. The molecule has 0 aliphatic heterocycles. The summed E-state index contributed by atoms with van der Waals surface area (Å²) in [5.41, 5.74) is 3.04. The van der Waals surface area contributed by atoms with Gasteiger partial charge >= 0.3 is 0 Å². The maximum atomic E-state index is 11.1. The molecule has 80 valence electrons. The quantitative estimate of drug-likeness (QED) is 0.795. The number of aromatic nitrogens is 3. The van der Waals surface area contributed by atoms with Crippen LogP contribution in [0.15, 0.2) is 24.4 Å². The van der Waals surface area contributed by atoms with E-state index in [-0.39, 0.29) is 0 Å². The van der Waals surface area contributed by atoms with Crippen LogP contribution in [-0.4, -0.2) is 21.5 Å². The first-order chi connectivity index (χ1) is 7.90. The van der Waals surface area contributed by atoms with Gasteiger partial charge in [-0.1, -0.05) is 6.07 Å². The molecule has 0 radical (unpaired) electrons. The molecule has 1 fully saturated rings. The highest BCUT2D eigenvalue weighted by molar-refractivity contribution is 5.86. The molecule has 0 bridgehead atoms. The van der Waals surface area contributed by atoms with Crippen LogP contribution in [0.2, 0.25) is 0 Å². The fourth-order valence-corrected chi connectivity index (χ4v) is 1.86. The van der Waals surface area contributed by atoms with Gasteiger partial charge in [0.05, 0.1) is 11.3 Å². The Bertz CT molecular complexity index is 514. The van der Waals surface area contributed by atoms with E-state index in [1.165, 1.54) is 0 Å². The monoisotopic (exact) mass is 213 g/mol. The molecule has 4 nitrogen and oxygen atoms in total.